The Bertz CT molecular complexity index is 883. The molecule has 1 aliphatic rings. The van der Waals surface area contributed by atoms with Gasteiger partial charge in [0, 0.05) is 6.42 Å². The lowest BCUT2D eigenvalue weighted by atomic mass is 9.99. The molecule has 0 aromatic heterocycles. The molecule has 7 unspecified atom stereocenters. The number of allylic oxidation sites excluding steroid dienone is 3. The molecule has 1 heterocycles. The van der Waals surface area contributed by atoms with E-state index in [1.54, 1.807) is 6.08 Å². The van der Waals surface area contributed by atoms with Gasteiger partial charge < -0.3 is 40.3 Å². The second kappa shape index (κ2) is 35.1. The van der Waals surface area contributed by atoms with E-state index in [-0.39, 0.29) is 12.5 Å². The van der Waals surface area contributed by atoms with Gasteiger partial charge >= 0.3 is 0 Å². The monoisotopic (exact) mass is 754 g/mol. The van der Waals surface area contributed by atoms with Crippen LogP contribution in [0.2, 0.25) is 0 Å². The number of ether oxygens (including phenoxy) is 2. The van der Waals surface area contributed by atoms with Crippen LogP contribution in [-0.4, -0.2) is 87.5 Å². The summed E-state index contributed by atoms with van der Waals surface area (Å²) in [5.74, 6) is -0.186. The van der Waals surface area contributed by atoms with Crippen molar-refractivity contribution in [1.29, 1.82) is 0 Å². The fourth-order valence-corrected chi connectivity index (χ4v) is 6.94. The van der Waals surface area contributed by atoms with Crippen LogP contribution in [0.3, 0.4) is 0 Å². The first-order chi connectivity index (χ1) is 25.8. The summed E-state index contributed by atoms with van der Waals surface area (Å²) in [6.45, 7) is 3.75. The van der Waals surface area contributed by atoms with Crippen LogP contribution in [0.5, 0.6) is 0 Å². The number of amides is 1. The van der Waals surface area contributed by atoms with Gasteiger partial charge in [-0.1, -0.05) is 179 Å². The molecule has 6 N–H and O–H groups in total. The van der Waals surface area contributed by atoms with E-state index in [9.17, 15) is 30.3 Å². The van der Waals surface area contributed by atoms with Crippen LogP contribution in [-0.2, 0) is 14.3 Å². The number of carbonyl (C=O) groups excluding carboxylic acids is 1. The van der Waals surface area contributed by atoms with Gasteiger partial charge in [-0.2, -0.15) is 0 Å². The number of hydrogen-bond acceptors (Lipinski definition) is 8. The largest absolute Gasteiger partial charge is 0.394 e. The van der Waals surface area contributed by atoms with Crippen LogP contribution in [0.15, 0.2) is 24.3 Å². The maximum Gasteiger partial charge on any atom is 0.220 e. The quantitative estimate of drug-likeness (QED) is 0.0275. The molecule has 53 heavy (non-hydrogen) atoms. The van der Waals surface area contributed by atoms with E-state index in [0.717, 1.165) is 38.5 Å². The minimum Gasteiger partial charge on any atom is -0.394 e. The van der Waals surface area contributed by atoms with Gasteiger partial charge in [-0.15, -0.1) is 0 Å². The van der Waals surface area contributed by atoms with Gasteiger partial charge in [-0.05, 0) is 32.1 Å². The van der Waals surface area contributed by atoms with Gasteiger partial charge in [0.2, 0.25) is 5.91 Å². The Hall–Kier alpha value is -1.33. The average molecular weight is 754 g/mol. The summed E-state index contributed by atoms with van der Waals surface area (Å²) < 4.78 is 11.2. The minimum atomic E-state index is -1.57. The van der Waals surface area contributed by atoms with Crippen molar-refractivity contribution in [1.82, 2.24) is 5.32 Å². The molecule has 0 aromatic carbocycles. The van der Waals surface area contributed by atoms with Gasteiger partial charge in [-0.3, -0.25) is 4.79 Å². The molecule has 312 valence electrons. The Morgan fingerprint density at radius 1 is 0.623 bits per heavy atom. The number of nitrogens with one attached hydrogen (secondary N) is 1. The fraction of sp³-hybridized carbons (Fsp3) is 0.886. The summed E-state index contributed by atoms with van der Waals surface area (Å²) in [7, 11) is 0. The summed E-state index contributed by atoms with van der Waals surface area (Å²) in [5.41, 5.74) is 0. The molecule has 0 radical (unpaired) electrons. The van der Waals surface area contributed by atoms with E-state index in [4.69, 9.17) is 9.47 Å². The fourth-order valence-electron chi connectivity index (χ4n) is 6.94. The van der Waals surface area contributed by atoms with E-state index in [0.29, 0.717) is 6.42 Å². The number of carbonyl (C=O) groups is 1. The molecular weight excluding hydrogens is 670 g/mol. The average Bonchev–Trinajstić information content (AvgIpc) is 3.16. The Labute approximate surface area is 324 Å². The molecule has 0 spiro atoms. The number of aliphatic hydroxyl groups is 5. The molecule has 0 saturated carbocycles. The zero-order valence-electron chi connectivity index (χ0n) is 34.0. The van der Waals surface area contributed by atoms with Gasteiger partial charge in [0.05, 0.1) is 25.4 Å². The van der Waals surface area contributed by atoms with Crippen molar-refractivity contribution in [2.24, 2.45) is 0 Å². The first-order valence-electron chi connectivity index (χ1n) is 22.1. The SMILES string of the molecule is CCCCCCCCCCCC/C=C/CC/C=C/C(O)C(COC1OC(CO)C(O)C(O)C1O)NC(=O)CCCCCCCCCCCCCCCC. The predicted octanol–water partition coefficient (Wildman–Crippen LogP) is 8.72. The molecule has 7 atom stereocenters. The highest BCUT2D eigenvalue weighted by Gasteiger charge is 2.44. The number of unbranched alkanes of at least 4 members (excludes halogenated alkanes) is 24. The Balaban J connectivity index is 2.41. The summed E-state index contributed by atoms with van der Waals surface area (Å²) in [4.78, 5) is 12.9. The molecule has 9 nitrogen and oxygen atoms in total. The van der Waals surface area contributed by atoms with Crippen molar-refractivity contribution in [2.75, 3.05) is 13.2 Å². The maximum atomic E-state index is 12.9. The predicted molar refractivity (Wildman–Crippen MR) is 217 cm³/mol. The molecule has 0 bridgehead atoms. The zero-order valence-corrected chi connectivity index (χ0v) is 34.0. The van der Waals surface area contributed by atoms with Crippen molar-refractivity contribution >= 4 is 5.91 Å². The summed E-state index contributed by atoms with van der Waals surface area (Å²) in [6.07, 6.45) is 33.6. The van der Waals surface area contributed by atoms with Crippen molar-refractivity contribution in [3.63, 3.8) is 0 Å². The van der Waals surface area contributed by atoms with Crippen LogP contribution in [0.25, 0.3) is 0 Å². The summed E-state index contributed by atoms with van der Waals surface area (Å²) in [6, 6.07) is -0.815. The molecule has 1 amide bonds. The highest BCUT2D eigenvalue weighted by molar-refractivity contribution is 5.76. The summed E-state index contributed by atoms with van der Waals surface area (Å²) >= 11 is 0. The standard InChI is InChI=1S/C44H83NO8/c1-3-5-7-9-11-13-15-17-19-20-21-23-25-27-29-31-33-38(47)37(36-52-44-43(51)42(50)41(49)39(35-46)53-44)45-40(48)34-32-30-28-26-24-22-18-16-14-12-10-8-6-4-2/h23,25,31,33,37-39,41-44,46-47,49-51H,3-22,24,26-30,32,34-36H2,1-2H3,(H,45,48)/b25-23+,33-31+. The van der Waals surface area contributed by atoms with E-state index >= 15 is 0 Å². The van der Waals surface area contributed by atoms with Gasteiger partial charge in [0.15, 0.2) is 6.29 Å². The minimum absolute atomic E-state index is 0.186. The van der Waals surface area contributed by atoms with E-state index in [1.165, 1.54) is 135 Å². The third kappa shape index (κ3) is 26.2. The molecule has 1 aliphatic heterocycles. The number of rotatable bonds is 36. The molecule has 0 aromatic rings. The van der Waals surface area contributed by atoms with Gasteiger partial charge in [-0.25, -0.2) is 0 Å². The van der Waals surface area contributed by atoms with Crippen LogP contribution in [0, 0.1) is 0 Å². The van der Waals surface area contributed by atoms with E-state index < -0.39 is 49.5 Å². The highest BCUT2D eigenvalue weighted by atomic mass is 16.7. The number of hydrogen-bond donors (Lipinski definition) is 6. The lowest BCUT2D eigenvalue weighted by Gasteiger charge is -2.40. The maximum absolute atomic E-state index is 12.9. The topological polar surface area (TPSA) is 149 Å². The van der Waals surface area contributed by atoms with E-state index in [2.05, 4.69) is 31.3 Å². The first kappa shape index (κ1) is 49.7. The van der Waals surface area contributed by atoms with Crippen molar-refractivity contribution in [3.05, 3.63) is 24.3 Å². The Morgan fingerprint density at radius 3 is 1.58 bits per heavy atom. The highest BCUT2D eigenvalue weighted by Crippen LogP contribution is 2.22. The normalized spacial score (nSPS) is 21.8. The molecular formula is C44H83NO8. The second-order valence-electron chi connectivity index (χ2n) is 15.5. The van der Waals surface area contributed by atoms with Crippen molar-refractivity contribution in [3.8, 4) is 0 Å². The molecule has 1 saturated heterocycles. The third-order valence-electron chi connectivity index (χ3n) is 10.5. The van der Waals surface area contributed by atoms with Crippen molar-refractivity contribution < 1.29 is 39.8 Å². The van der Waals surface area contributed by atoms with Crippen molar-refractivity contribution in [2.45, 2.75) is 236 Å². The molecule has 1 fully saturated rings. The van der Waals surface area contributed by atoms with Gasteiger partial charge in [0.1, 0.15) is 24.4 Å². The molecule has 1 rings (SSSR count). The molecule has 0 aliphatic carbocycles. The van der Waals surface area contributed by atoms with Gasteiger partial charge in [0.25, 0.3) is 0 Å². The van der Waals surface area contributed by atoms with E-state index in [1.807, 2.05) is 6.08 Å². The second-order valence-corrected chi connectivity index (χ2v) is 15.5. The Kier molecular flexibility index (Phi) is 32.9. The zero-order chi connectivity index (χ0) is 38.8. The van der Waals surface area contributed by atoms with Crippen LogP contribution in [0.1, 0.15) is 194 Å². The lowest BCUT2D eigenvalue weighted by Crippen LogP contribution is -2.60. The lowest BCUT2D eigenvalue weighted by molar-refractivity contribution is -0.302. The first-order valence-corrected chi connectivity index (χ1v) is 22.1. The third-order valence-corrected chi connectivity index (χ3v) is 10.5. The summed E-state index contributed by atoms with van der Waals surface area (Å²) in [5, 5.41) is 54.1. The molecule has 9 heteroatoms. The Morgan fingerprint density at radius 2 is 1.08 bits per heavy atom. The van der Waals surface area contributed by atoms with Crippen LogP contribution in [0.4, 0.5) is 0 Å². The number of aliphatic hydroxyl groups excluding tert-OH is 5. The van der Waals surface area contributed by atoms with Crippen LogP contribution >= 0.6 is 0 Å². The smallest absolute Gasteiger partial charge is 0.220 e. The van der Waals surface area contributed by atoms with Crippen LogP contribution < -0.4 is 5.32 Å².